The summed E-state index contributed by atoms with van der Waals surface area (Å²) in [6.07, 6.45) is 1.85. The number of aromatic amines is 1. The van der Waals surface area contributed by atoms with E-state index in [-0.39, 0.29) is 44.0 Å². The molecule has 2 rings (SSSR count). The molecule has 130 valence electrons. The van der Waals surface area contributed by atoms with Crippen LogP contribution in [-0.4, -0.2) is 22.7 Å². The van der Waals surface area contributed by atoms with E-state index in [2.05, 4.69) is 15.2 Å². The van der Waals surface area contributed by atoms with Crippen molar-refractivity contribution in [3.05, 3.63) is 34.5 Å². The minimum absolute atomic E-state index is 0.0247. The number of carboxylic acids is 1. The van der Waals surface area contributed by atoms with E-state index >= 15 is 0 Å². The first kappa shape index (κ1) is 17.7. The van der Waals surface area contributed by atoms with Gasteiger partial charge in [0.1, 0.15) is 5.76 Å². The number of hydrogen-bond acceptors (Lipinski definition) is 7. The van der Waals surface area contributed by atoms with Crippen LogP contribution in [-0.2, 0) is 32.4 Å². The molecule has 24 heavy (non-hydrogen) atoms. The first-order valence-corrected chi connectivity index (χ1v) is 7.23. The van der Waals surface area contributed by atoms with E-state index in [4.69, 9.17) is 9.84 Å². The molecule has 1 aromatic heterocycles. The van der Waals surface area contributed by atoms with Crippen molar-refractivity contribution in [3.63, 3.8) is 0 Å². The van der Waals surface area contributed by atoms with Gasteiger partial charge in [-0.15, -0.1) is 0 Å². The van der Waals surface area contributed by atoms with Crippen molar-refractivity contribution in [2.45, 2.75) is 32.9 Å². The van der Waals surface area contributed by atoms with Crippen molar-refractivity contribution in [2.24, 2.45) is 5.92 Å². The number of rotatable bonds is 8. The van der Waals surface area contributed by atoms with Crippen LogP contribution in [0.3, 0.4) is 0 Å². The van der Waals surface area contributed by atoms with Gasteiger partial charge < -0.3 is 30.4 Å². The summed E-state index contributed by atoms with van der Waals surface area (Å²) in [6, 6.07) is 0. The number of ether oxygens (including phenoxy) is 1. The fraction of sp³-hybridized carbons (Fsp3) is 0.400. The Hall–Kier alpha value is -2.65. The van der Waals surface area contributed by atoms with Crippen molar-refractivity contribution in [3.8, 4) is 5.75 Å². The summed E-state index contributed by atoms with van der Waals surface area (Å²) in [6.45, 7) is 1.79. The fourth-order valence-corrected chi connectivity index (χ4v) is 2.62. The Balaban J connectivity index is 2.19. The topological polar surface area (TPSA) is 142 Å². The van der Waals surface area contributed by atoms with Gasteiger partial charge >= 0.3 is 5.97 Å². The number of hydrogen-bond donors (Lipinski definition) is 3. The number of aliphatic carboxylic acids is 1. The third kappa shape index (κ3) is 3.81. The third-order valence-electron chi connectivity index (χ3n) is 3.94. The number of nitrogens with one attached hydrogen (secondary N) is 2. The summed E-state index contributed by atoms with van der Waals surface area (Å²) in [5, 5.41) is 32.7. The van der Waals surface area contributed by atoms with Crippen LogP contribution in [0.2, 0.25) is 0 Å². The van der Waals surface area contributed by atoms with Gasteiger partial charge in [-0.05, 0) is 0 Å². The highest BCUT2D eigenvalue weighted by Gasteiger charge is 2.31. The summed E-state index contributed by atoms with van der Waals surface area (Å²) in [4.78, 5) is 28.4. The normalized spacial score (nSPS) is 17.0. The number of allylic oxidation sites excluding steroid dienone is 2. The van der Waals surface area contributed by atoms with Crippen LogP contribution in [0.4, 0.5) is 0 Å². The smallest absolute Gasteiger partial charge is 0.307 e. The second-order valence-electron chi connectivity index (χ2n) is 5.44. The average Bonchev–Trinajstić information content (AvgIpc) is 2.94. The van der Waals surface area contributed by atoms with Crippen molar-refractivity contribution in [1.29, 1.82) is 0 Å². The number of aromatic hydroxyl groups is 1. The molecule has 0 aliphatic heterocycles. The molecule has 0 saturated heterocycles. The Morgan fingerprint density at radius 3 is 2.92 bits per heavy atom. The highest BCUT2D eigenvalue weighted by Crippen LogP contribution is 2.31. The lowest BCUT2D eigenvalue weighted by Crippen LogP contribution is -2.20. The zero-order valence-corrected chi connectivity index (χ0v) is 13.0. The molecule has 1 atom stereocenters. The number of carbonyl (C=O) groups excluding carboxylic acids is 1. The van der Waals surface area contributed by atoms with Gasteiger partial charge in [-0.3, -0.25) is 9.59 Å². The number of carbonyl (C=O) groups is 2. The van der Waals surface area contributed by atoms with Gasteiger partial charge in [0.05, 0.1) is 18.2 Å². The second-order valence-corrected chi connectivity index (χ2v) is 5.44. The Kier molecular flexibility index (Phi) is 5.72. The SMILES string of the molecule is Cc1[nH+]cc(CO[O-])c(CNC2=C(OC=O)C[C@H](C(=O)O)C2)c1O. The summed E-state index contributed by atoms with van der Waals surface area (Å²) in [7, 11) is 0. The maximum Gasteiger partial charge on any atom is 0.307 e. The number of H-pyrrole nitrogens is 1. The highest BCUT2D eigenvalue weighted by atomic mass is 17.1. The molecule has 9 nitrogen and oxygen atoms in total. The Bertz CT molecular complexity index is 672. The second kappa shape index (κ2) is 7.75. The Morgan fingerprint density at radius 1 is 1.54 bits per heavy atom. The quantitative estimate of drug-likeness (QED) is 0.320. The van der Waals surface area contributed by atoms with Crippen LogP contribution in [0.15, 0.2) is 17.7 Å². The van der Waals surface area contributed by atoms with E-state index in [9.17, 15) is 20.0 Å². The predicted octanol–water partition coefficient (Wildman–Crippen LogP) is -0.725. The Labute approximate surface area is 137 Å². The number of aryl methyl sites for hydroxylation is 1. The lowest BCUT2D eigenvalue weighted by atomic mass is 10.1. The maximum atomic E-state index is 11.1. The molecule has 1 aliphatic carbocycles. The molecule has 0 radical (unpaired) electrons. The molecular weight excluding hydrogens is 320 g/mol. The van der Waals surface area contributed by atoms with Crippen LogP contribution >= 0.6 is 0 Å². The van der Waals surface area contributed by atoms with Crippen molar-refractivity contribution in [1.82, 2.24) is 5.32 Å². The summed E-state index contributed by atoms with van der Waals surface area (Å²) in [5.41, 5.74) is 1.90. The third-order valence-corrected chi connectivity index (χ3v) is 3.94. The minimum Gasteiger partial charge on any atom is -0.723 e. The van der Waals surface area contributed by atoms with Crippen LogP contribution in [0.1, 0.15) is 29.7 Å². The highest BCUT2D eigenvalue weighted by molar-refractivity contribution is 5.71. The van der Waals surface area contributed by atoms with Crippen LogP contribution in [0, 0.1) is 12.8 Å². The summed E-state index contributed by atoms with van der Waals surface area (Å²) in [5.74, 6) is -1.42. The van der Waals surface area contributed by atoms with Crippen LogP contribution in [0.25, 0.3) is 0 Å². The molecule has 1 aliphatic rings. The minimum atomic E-state index is -0.979. The van der Waals surface area contributed by atoms with Crippen LogP contribution in [0.5, 0.6) is 5.75 Å². The standard InChI is InChI=1S/C15H18N2O7/c1-8-14(19)11(10(4-16-8)6-24-22)5-17-12-2-9(15(20)21)3-13(12)23-7-18/h4,7,9,17,19,22H,2-3,5-6H2,1H3,(H,20,21)/t9-/m1/s1. The monoisotopic (exact) mass is 338 g/mol. The van der Waals surface area contributed by atoms with Gasteiger partial charge in [-0.2, -0.15) is 0 Å². The fourth-order valence-electron chi connectivity index (χ4n) is 2.62. The molecular formula is C15H18N2O7. The zero-order chi connectivity index (χ0) is 17.7. The van der Waals surface area contributed by atoms with Crippen molar-refractivity contribution in [2.75, 3.05) is 0 Å². The van der Waals surface area contributed by atoms with E-state index < -0.39 is 11.9 Å². The molecule has 0 bridgehead atoms. The number of pyridine rings is 1. The molecule has 4 N–H and O–H groups in total. The average molecular weight is 338 g/mol. The molecule has 0 fully saturated rings. The van der Waals surface area contributed by atoms with E-state index in [0.717, 1.165) is 0 Å². The van der Waals surface area contributed by atoms with E-state index in [1.807, 2.05) is 0 Å². The van der Waals surface area contributed by atoms with Gasteiger partial charge in [-0.25, -0.2) is 4.98 Å². The predicted molar refractivity (Wildman–Crippen MR) is 75.6 cm³/mol. The van der Waals surface area contributed by atoms with Crippen LogP contribution < -0.4 is 15.6 Å². The summed E-state index contributed by atoms with van der Waals surface area (Å²) >= 11 is 0. The van der Waals surface area contributed by atoms with E-state index in [0.29, 0.717) is 22.5 Å². The zero-order valence-electron chi connectivity index (χ0n) is 13.0. The summed E-state index contributed by atoms with van der Waals surface area (Å²) < 4.78 is 4.85. The molecule has 9 heteroatoms. The molecule has 0 saturated carbocycles. The first-order valence-electron chi connectivity index (χ1n) is 7.23. The molecule has 0 aromatic carbocycles. The van der Waals surface area contributed by atoms with Gasteiger partial charge in [0.25, 0.3) is 6.47 Å². The molecule has 1 heterocycles. The van der Waals surface area contributed by atoms with Crippen molar-refractivity contribution < 1.29 is 39.7 Å². The van der Waals surface area contributed by atoms with E-state index in [1.54, 1.807) is 13.1 Å². The molecule has 0 unspecified atom stereocenters. The number of aromatic nitrogens is 1. The maximum absolute atomic E-state index is 11.1. The Morgan fingerprint density at radius 2 is 2.29 bits per heavy atom. The van der Waals surface area contributed by atoms with Gasteiger partial charge in [-0.1, -0.05) is 0 Å². The van der Waals surface area contributed by atoms with Gasteiger partial charge in [0.15, 0.2) is 11.9 Å². The lowest BCUT2D eigenvalue weighted by molar-refractivity contribution is -0.695. The lowest BCUT2D eigenvalue weighted by Gasteiger charge is -2.14. The van der Waals surface area contributed by atoms with E-state index in [1.165, 1.54) is 0 Å². The van der Waals surface area contributed by atoms with Crippen molar-refractivity contribution >= 4 is 12.4 Å². The number of carboxylic acid groups (broad SMARTS) is 1. The molecule has 0 amide bonds. The largest absolute Gasteiger partial charge is 0.723 e. The first-order chi connectivity index (χ1) is 11.5. The molecule has 1 aromatic rings. The van der Waals surface area contributed by atoms with Gasteiger partial charge in [0, 0.05) is 37.4 Å². The molecule has 0 spiro atoms. The van der Waals surface area contributed by atoms with Gasteiger partial charge in [0.2, 0.25) is 5.69 Å².